The first-order chi connectivity index (χ1) is 6.81. The largest absolute Gasteiger partial charge is 0.379 e. The number of nitrogens with zero attached hydrogens (tertiary/aromatic N) is 2. The van der Waals surface area contributed by atoms with Crippen LogP contribution in [0, 0.1) is 0 Å². The van der Waals surface area contributed by atoms with Gasteiger partial charge in [0.15, 0.2) is 5.17 Å². The monoisotopic (exact) mass is 278 g/mol. The third-order valence-electron chi connectivity index (χ3n) is 2.63. The van der Waals surface area contributed by atoms with Crippen LogP contribution in [0.5, 0.6) is 0 Å². The highest BCUT2D eigenvalue weighted by Gasteiger charge is 2.27. The van der Waals surface area contributed by atoms with Crippen molar-refractivity contribution in [1.82, 2.24) is 4.90 Å². The summed E-state index contributed by atoms with van der Waals surface area (Å²) in [6.45, 7) is 2.70. The standard InChI is InChI=1S/C9H15BrN2OS/c1-12(7-2-3-13-6-7)9-11-5-8(4-10)14-9/h7-8H,2-6H2,1H3. The van der Waals surface area contributed by atoms with Crippen molar-refractivity contribution in [2.45, 2.75) is 17.7 Å². The van der Waals surface area contributed by atoms with Crippen LogP contribution in [0.3, 0.4) is 0 Å². The van der Waals surface area contributed by atoms with Crippen LogP contribution < -0.4 is 0 Å². The Kier molecular flexibility index (Phi) is 3.73. The number of ether oxygens (including phenoxy) is 1. The van der Waals surface area contributed by atoms with Gasteiger partial charge < -0.3 is 9.64 Å². The van der Waals surface area contributed by atoms with Crippen molar-refractivity contribution in [3.05, 3.63) is 0 Å². The molecule has 0 aliphatic carbocycles. The molecule has 2 atom stereocenters. The Morgan fingerprint density at radius 1 is 1.71 bits per heavy atom. The molecule has 1 saturated heterocycles. The lowest BCUT2D eigenvalue weighted by Crippen LogP contribution is -2.35. The molecule has 2 aliphatic heterocycles. The molecule has 0 bridgehead atoms. The van der Waals surface area contributed by atoms with Crippen LogP contribution in [-0.4, -0.2) is 53.5 Å². The van der Waals surface area contributed by atoms with E-state index in [2.05, 4.69) is 32.9 Å². The van der Waals surface area contributed by atoms with Crippen molar-refractivity contribution < 1.29 is 4.74 Å². The number of halogens is 1. The molecule has 0 saturated carbocycles. The van der Waals surface area contributed by atoms with Crippen molar-refractivity contribution in [2.75, 3.05) is 32.1 Å². The zero-order valence-corrected chi connectivity index (χ0v) is 10.7. The maximum Gasteiger partial charge on any atom is 0.159 e. The normalized spacial score (nSPS) is 32.0. The van der Waals surface area contributed by atoms with E-state index in [1.54, 1.807) is 0 Å². The molecule has 2 heterocycles. The fourth-order valence-electron chi connectivity index (χ4n) is 1.66. The molecule has 14 heavy (non-hydrogen) atoms. The number of aliphatic imine (C=N–C) groups is 1. The van der Waals surface area contributed by atoms with E-state index in [0.717, 1.165) is 31.5 Å². The zero-order chi connectivity index (χ0) is 9.97. The number of thioether (sulfide) groups is 1. The summed E-state index contributed by atoms with van der Waals surface area (Å²) in [5.41, 5.74) is 0. The highest BCUT2D eigenvalue weighted by atomic mass is 79.9. The van der Waals surface area contributed by atoms with Crippen molar-refractivity contribution in [2.24, 2.45) is 4.99 Å². The van der Waals surface area contributed by atoms with Gasteiger partial charge in [-0.3, -0.25) is 4.99 Å². The first-order valence-corrected chi connectivity index (χ1v) is 6.89. The van der Waals surface area contributed by atoms with Gasteiger partial charge in [0.2, 0.25) is 0 Å². The topological polar surface area (TPSA) is 24.8 Å². The van der Waals surface area contributed by atoms with Crippen LogP contribution in [0.25, 0.3) is 0 Å². The van der Waals surface area contributed by atoms with Gasteiger partial charge in [-0.2, -0.15) is 0 Å². The third-order valence-corrected chi connectivity index (χ3v) is 5.12. The maximum atomic E-state index is 5.38. The summed E-state index contributed by atoms with van der Waals surface area (Å²) >= 11 is 5.38. The fourth-order valence-corrected chi connectivity index (χ4v) is 3.24. The fraction of sp³-hybridized carbons (Fsp3) is 0.889. The summed E-state index contributed by atoms with van der Waals surface area (Å²) < 4.78 is 5.38. The van der Waals surface area contributed by atoms with E-state index in [1.807, 2.05) is 11.8 Å². The number of hydrogen-bond donors (Lipinski definition) is 0. The van der Waals surface area contributed by atoms with Gasteiger partial charge in [0.25, 0.3) is 0 Å². The van der Waals surface area contributed by atoms with E-state index in [1.165, 1.54) is 5.17 Å². The maximum absolute atomic E-state index is 5.38. The molecular formula is C9H15BrN2OS. The highest BCUT2D eigenvalue weighted by Crippen LogP contribution is 2.26. The molecule has 2 aliphatic rings. The average Bonchev–Trinajstić information content (AvgIpc) is 2.88. The molecule has 2 rings (SSSR count). The lowest BCUT2D eigenvalue weighted by Gasteiger charge is -2.24. The number of rotatable bonds is 2. The van der Waals surface area contributed by atoms with E-state index in [0.29, 0.717) is 11.3 Å². The van der Waals surface area contributed by atoms with Crippen molar-refractivity contribution >= 4 is 32.9 Å². The van der Waals surface area contributed by atoms with Crippen LogP contribution in [0.15, 0.2) is 4.99 Å². The second kappa shape index (κ2) is 4.86. The molecule has 0 aromatic carbocycles. The van der Waals surface area contributed by atoms with Crippen LogP contribution >= 0.6 is 27.7 Å². The molecule has 0 spiro atoms. The minimum absolute atomic E-state index is 0.537. The summed E-state index contributed by atoms with van der Waals surface area (Å²) in [6.07, 6.45) is 1.13. The quantitative estimate of drug-likeness (QED) is 0.717. The number of likely N-dealkylation sites (N-methyl/N-ethyl adjacent to an activating group) is 1. The summed E-state index contributed by atoms with van der Waals surface area (Å²) in [6, 6.07) is 0.537. The van der Waals surface area contributed by atoms with E-state index in [9.17, 15) is 0 Å². The van der Waals surface area contributed by atoms with Gasteiger partial charge in [-0.05, 0) is 6.42 Å². The molecule has 80 valence electrons. The second-order valence-corrected chi connectivity index (χ2v) is 5.56. The second-order valence-electron chi connectivity index (χ2n) is 3.65. The zero-order valence-electron chi connectivity index (χ0n) is 8.28. The van der Waals surface area contributed by atoms with Gasteiger partial charge in [-0.15, -0.1) is 0 Å². The van der Waals surface area contributed by atoms with Gasteiger partial charge in [0.05, 0.1) is 19.2 Å². The van der Waals surface area contributed by atoms with E-state index < -0.39 is 0 Å². The number of hydrogen-bond acceptors (Lipinski definition) is 4. The molecule has 3 nitrogen and oxygen atoms in total. The Morgan fingerprint density at radius 3 is 3.14 bits per heavy atom. The molecule has 0 aromatic rings. The first-order valence-electron chi connectivity index (χ1n) is 4.89. The Labute approximate surface area is 97.4 Å². The smallest absolute Gasteiger partial charge is 0.159 e. The number of alkyl halides is 1. The molecule has 0 amide bonds. The Bertz CT molecular complexity index is 231. The van der Waals surface area contributed by atoms with Gasteiger partial charge in [-0.1, -0.05) is 27.7 Å². The van der Waals surface area contributed by atoms with Crippen LogP contribution in [-0.2, 0) is 4.74 Å². The molecular weight excluding hydrogens is 264 g/mol. The van der Waals surface area contributed by atoms with Crippen molar-refractivity contribution in [1.29, 1.82) is 0 Å². The molecule has 0 radical (unpaired) electrons. The number of amidine groups is 1. The Morgan fingerprint density at radius 2 is 2.57 bits per heavy atom. The summed E-state index contributed by atoms with van der Waals surface area (Å²) in [4.78, 5) is 6.83. The summed E-state index contributed by atoms with van der Waals surface area (Å²) in [5.74, 6) is 0. The van der Waals surface area contributed by atoms with E-state index in [-0.39, 0.29) is 0 Å². The minimum atomic E-state index is 0.537. The lowest BCUT2D eigenvalue weighted by molar-refractivity contribution is 0.179. The molecule has 1 fully saturated rings. The Balaban J connectivity index is 1.89. The predicted octanol–water partition coefficient (Wildman–Crippen LogP) is 1.57. The van der Waals surface area contributed by atoms with Gasteiger partial charge in [0, 0.05) is 24.2 Å². The molecule has 0 N–H and O–H groups in total. The third kappa shape index (κ3) is 2.25. The minimum Gasteiger partial charge on any atom is -0.379 e. The van der Waals surface area contributed by atoms with Crippen LogP contribution in [0.1, 0.15) is 6.42 Å². The van der Waals surface area contributed by atoms with Crippen molar-refractivity contribution in [3.63, 3.8) is 0 Å². The average molecular weight is 279 g/mol. The first kappa shape index (κ1) is 10.8. The Hall–Kier alpha value is 0.260. The van der Waals surface area contributed by atoms with Gasteiger partial charge in [-0.25, -0.2) is 0 Å². The lowest BCUT2D eigenvalue weighted by atomic mass is 10.2. The predicted molar refractivity (Wildman–Crippen MR) is 64.5 cm³/mol. The highest BCUT2D eigenvalue weighted by molar-refractivity contribution is 9.09. The SMILES string of the molecule is CN(C1=NCC(CBr)S1)C1CCOC1. The van der Waals surface area contributed by atoms with Gasteiger partial charge >= 0.3 is 0 Å². The summed E-state index contributed by atoms with van der Waals surface area (Å²) in [5, 5.41) is 2.83. The van der Waals surface area contributed by atoms with Crippen molar-refractivity contribution in [3.8, 4) is 0 Å². The van der Waals surface area contributed by atoms with E-state index in [4.69, 9.17) is 4.74 Å². The van der Waals surface area contributed by atoms with E-state index >= 15 is 0 Å². The molecule has 0 aromatic heterocycles. The van der Waals surface area contributed by atoms with Crippen LogP contribution in [0.4, 0.5) is 0 Å². The molecule has 5 heteroatoms. The van der Waals surface area contributed by atoms with Gasteiger partial charge in [0.1, 0.15) is 0 Å². The molecule has 2 unspecified atom stereocenters. The summed E-state index contributed by atoms with van der Waals surface area (Å²) in [7, 11) is 2.13. The van der Waals surface area contributed by atoms with Crippen LogP contribution in [0.2, 0.25) is 0 Å².